The van der Waals surface area contributed by atoms with Gasteiger partial charge in [-0.25, -0.2) is 12.7 Å². The van der Waals surface area contributed by atoms with Crippen molar-refractivity contribution in [3.63, 3.8) is 0 Å². The molecule has 2 atom stereocenters. The van der Waals surface area contributed by atoms with Crippen LogP contribution in [-0.4, -0.2) is 56.0 Å². The third-order valence-corrected chi connectivity index (χ3v) is 7.20. The van der Waals surface area contributed by atoms with Gasteiger partial charge < -0.3 is 5.32 Å². The van der Waals surface area contributed by atoms with E-state index in [0.717, 1.165) is 30.0 Å². The Morgan fingerprint density at radius 3 is 2.32 bits per heavy atom. The van der Waals surface area contributed by atoms with Crippen molar-refractivity contribution in [3.05, 3.63) is 24.3 Å². The molecule has 1 saturated heterocycles. The second kappa shape index (κ2) is 8.00. The summed E-state index contributed by atoms with van der Waals surface area (Å²) in [6.45, 7) is 0.0478. The largest absolute Gasteiger partial charge is 0.326 e. The number of carbonyl (C=O) groups excluding carboxylic acids is 3. The highest BCUT2D eigenvalue weighted by atomic mass is 32.2. The summed E-state index contributed by atoms with van der Waals surface area (Å²) in [5.41, 5.74) is 0.348. The van der Waals surface area contributed by atoms with Crippen LogP contribution in [0.1, 0.15) is 32.1 Å². The number of imide groups is 1. The molecule has 152 valence electrons. The summed E-state index contributed by atoms with van der Waals surface area (Å²) in [5.74, 6) is -1.16. The molecule has 0 aromatic heterocycles. The summed E-state index contributed by atoms with van der Waals surface area (Å²) in [6.07, 6.45) is 3.37. The number of anilines is 1. The Bertz CT molecular complexity index is 873. The third-order valence-electron chi connectivity index (χ3n) is 5.39. The van der Waals surface area contributed by atoms with Gasteiger partial charge in [-0.15, -0.1) is 0 Å². The van der Waals surface area contributed by atoms with Crippen LogP contribution in [0.15, 0.2) is 29.2 Å². The van der Waals surface area contributed by atoms with Gasteiger partial charge in [-0.1, -0.05) is 18.9 Å². The predicted molar refractivity (Wildman–Crippen MR) is 103 cm³/mol. The first-order valence-electron chi connectivity index (χ1n) is 9.39. The number of nitrogens with zero attached hydrogens (tertiary/aromatic N) is 2. The maximum atomic E-state index is 12.4. The highest BCUT2D eigenvalue weighted by Gasteiger charge is 2.47. The molecular formula is C19H25N3O5S. The number of amides is 3. The monoisotopic (exact) mass is 407 g/mol. The fourth-order valence-corrected chi connectivity index (χ4v) is 4.78. The van der Waals surface area contributed by atoms with Gasteiger partial charge in [0.05, 0.1) is 16.7 Å². The number of hydrogen-bond donors (Lipinski definition) is 1. The molecule has 1 heterocycles. The number of hydrogen-bond acceptors (Lipinski definition) is 5. The third kappa shape index (κ3) is 3.95. The molecule has 1 aromatic carbocycles. The van der Waals surface area contributed by atoms with E-state index < -0.39 is 10.0 Å². The van der Waals surface area contributed by atoms with Crippen LogP contribution in [0.3, 0.4) is 0 Å². The predicted octanol–water partition coefficient (Wildman–Crippen LogP) is 1.44. The SMILES string of the molecule is CN(C)S(=O)(=O)c1cccc(NC(=O)CCN2C(=O)C3CCCCC3C2=O)c1. The van der Waals surface area contributed by atoms with Crippen molar-refractivity contribution < 1.29 is 22.8 Å². The summed E-state index contributed by atoms with van der Waals surface area (Å²) >= 11 is 0. The summed E-state index contributed by atoms with van der Waals surface area (Å²) in [5, 5.41) is 2.64. The molecule has 9 heteroatoms. The van der Waals surface area contributed by atoms with Crippen molar-refractivity contribution in [2.24, 2.45) is 11.8 Å². The molecule has 1 saturated carbocycles. The van der Waals surface area contributed by atoms with Crippen LogP contribution in [0.5, 0.6) is 0 Å². The van der Waals surface area contributed by atoms with Gasteiger partial charge in [-0.2, -0.15) is 0 Å². The maximum Gasteiger partial charge on any atom is 0.242 e. The van der Waals surface area contributed by atoms with Crippen molar-refractivity contribution in [3.8, 4) is 0 Å². The molecular weight excluding hydrogens is 382 g/mol. The summed E-state index contributed by atoms with van der Waals surface area (Å²) in [4.78, 5) is 38.4. The van der Waals surface area contributed by atoms with Crippen LogP contribution in [0.25, 0.3) is 0 Å². The fraction of sp³-hybridized carbons (Fsp3) is 0.526. The van der Waals surface area contributed by atoms with Gasteiger partial charge in [0.15, 0.2) is 0 Å². The lowest BCUT2D eigenvalue weighted by Crippen LogP contribution is -2.34. The maximum absolute atomic E-state index is 12.4. The highest BCUT2D eigenvalue weighted by molar-refractivity contribution is 7.89. The minimum Gasteiger partial charge on any atom is -0.326 e. The standard InChI is InChI=1S/C19H25N3O5S/c1-21(2)28(26,27)14-7-5-6-13(12-14)20-17(23)10-11-22-18(24)15-8-3-4-9-16(15)19(22)25/h5-7,12,15-16H,3-4,8-11H2,1-2H3,(H,20,23). The molecule has 2 fully saturated rings. The topological polar surface area (TPSA) is 104 Å². The van der Waals surface area contributed by atoms with Gasteiger partial charge in [0.25, 0.3) is 0 Å². The zero-order valence-corrected chi connectivity index (χ0v) is 16.9. The summed E-state index contributed by atoms with van der Waals surface area (Å²) in [7, 11) is -0.737. The zero-order chi connectivity index (χ0) is 20.5. The number of fused-ring (bicyclic) bond motifs is 1. The number of rotatable bonds is 6. The second-order valence-corrected chi connectivity index (χ2v) is 9.59. The van der Waals surface area contributed by atoms with E-state index in [-0.39, 0.29) is 47.4 Å². The molecule has 0 radical (unpaired) electrons. The van der Waals surface area contributed by atoms with E-state index >= 15 is 0 Å². The summed E-state index contributed by atoms with van der Waals surface area (Å²) < 4.78 is 25.5. The molecule has 1 N–H and O–H groups in total. The molecule has 28 heavy (non-hydrogen) atoms. The first-order chi connectivity index (χ1) is 13.2. The van der Waals surface area contributed by atoms with E-state index in [1.54, 1.807) is 12.1 Å². The average molecular weight is 407 g/mol. The first-order valence-corrected chi connectivity index (χ1v) is 10.8. The Labute approximate surface area is 164 Å². The lowest BCUT2D eigenvalue weighted by Gasteiger charge is -2.19. The van der Waals surface area contributed by atoms with Crippen molar-refractivity contribution in [1.29, 1.82) is 0 Å². The van der Waals surface area contributed by atoms with Crippen molar-refractivity contribution in [2.75, 3.05) is 26.0 Å². The van der Waals surface area contributed by atoms with E-state index in [2.05, 4.69) is 5.32 Å². The lowest BCUT2D eigenvalue weighted by atomic mass is 9.81. The molecule has 1 aliphatic heterocycles. The van der Waals surface area contributed by atoms with E-state index in [4.69, 9.17) is 0 Å². The van der Waals surface area contributed by atoms with Crippen molar-refractivity contribution in [1.82, 2.24) is 9.21 Å². The van der Waals surface area contributed by atoms with E-state index in [9.17, 15) is 22.8 Å². The fourth-order valence-electron chi connectivity index (χ4n) is 3.83. The Kier molecular flexibility index (Phi) is 5.85. The number of carbonyl (C=O) groups is 3. The summed E-state index contributed by atoms with van der Waals surface area (Å²) in [6, 6.07) is 5.97. The molecule has 3 amide bonds. The van der Waals surface area contributed by atoms with Gasteiger partial charge in [-0.3, -0.25) is 19.3 Å². The highest BCUT2D eigenvalue weighted by Crippen LogP contribution is 2.38. The van der Waals surface area contributed by atoms with E-state index in [1.807, 2.05) is 0 Å². The van der Waals surface area contributed by atoms with E-state index in [1.165, 1.54) is 31.1 Å². The van der Waals surface area contributed by atoms with E-state index in [0.29, 0.717) is 5.69 Å². The number of likely N-dealkylation sites (tertiary alicyclic amines) is 1. The minimum atomic E-state index is -3.60. The van der Waals surface area contributed by atoms with Crippen LogP contribution in [0, 0.1) is 11.8 Å². The van der Waals surface area contributed by atoms with Crippen molar-refractivity contribution in [2.45, 2.75) is 37.0 Å². The minimum absolute atomic E-state index is 0.0262. The van der Waals surface area contributed by atoms with Crippen LogP contribution in [-0.2, 0) is 24.4 Å². The molecule has 8 nitrogen and oxygen atoms in total. The first kappa shape index (κ1) is 20.5. The lowest BCUT2D eigenvalue weighted by molar-refractivity contribution is -0.140. The smallest absolute Gasteiger partial charge is 0.242 e. The second-order valence-electron chi connectivity index (χ2n) is 7.44. The van der Waals surface area contributed by atoms with Gasteiger partial charge in [0.2, 0.25) is 27.7 Å². The van der Waals surface area contributed by atoms with Gasteiger partial charge in [0.1, 0.15) is 0 Å². The molecule has 1 aromatic rings. The van der Waals surface area contributed by atoms with Crippen LogP contribution >= 0.6 is 0 Å². The number of benzene rings is 1. The average Bonchev–Trinajstić information content (AvgIpc) is 2.91. The molecule has 1 aliphatic carbocycles. The Balaban J connectivity index is 1.61. The normalized spacial score (nSPS) is 22.5. The Morgan fingerprint density at radius 2 is 1.75 bits per heavy atom. The van der Waals surface area contributed by atoms with Gasteiger partial charge >= 0.3 is 0 Å². The van der Waals surface area contributed by atoms with Crippen LogP contribution in [0.2, 0.25) is 0 Å². The zero-order valence-electron chi connectivity index (χ0n) is 16.1. The molecule has 2 unspecified atom stereocenters. The molecule has 0 spiro atoms. The molecule has 2 aliphatic rings. The van der Waals surface area contributed by atoms with Crippen molar-refractivity contribution >= 4 is 33.4 Å². The quantitative estimate of drug-likeness (QED) is 0.719. The number of nitrogens with one attached hydrogen (secondary N) is 1. The van der Waals surface area contributed by atoms with Gasteiger partial charge in [0, 0.05) is 32.7 Å². The Morgan fingerprint density at radius 1 is 1.14 bits per heavy atom. The number of sulfonamides is 1. The molecule has 0 bridgehead atoms. The van der Waals surface area contributed by atoms with Crippen LogP contribution < -0.4 is 5.32 Å². The molecule has 3 rings (SSSR count). The van der Waals surface area contributed by atoms with Gasteiger partial charge in [-0.05, 0) is 31.0 Å². The van der Waals surface area contributed by atoms with Crippen LogP contribution in [0.4, 0.5) is 5.69 Å². The Hall–Kier alpha value is -2.26.